The van der Waals surface area contributed by atoms with Gasteiger partial charge in [0.25, 0.3) is 0 Å². The first-order valence-electron chi connectivity index (χ1n) is 5.23. The molecule has 0 aliphatic carbocycles. The van der Waals surface area contributed by atoms with Crippen LogP contribution in [0.15, 0.2) is 29.1 Å². The third-order valence-corrected chi connectivity index (χ3v) is 3.91. The molecule has 0 saturated carbocycles. The van der Waals surface area contributed by atoms with Crippen molar-refractivity contribution in [3.05, 3.63) is 40.3 Å². The van der Waals surface area contributed by atoms with Crippen molar-refractivity contribution in [1.82, 2.24) is 15.5 Å². The number of rotatable bonds is 7. The molecule has 2 rings (SSSR count). The van der Waals surface area contributed by atoms with Gasteiger partial charge in [-0.3, -0.25) is 5.10 Å². The molecule has 0 unspecified atom stereocenters. The molecule has 2 N–H and O–H groups in total. The Hall–Kier alpha value is -0.780. The van der Waals surface area contributed by atoms with Gasteiger partial charge in [0.2, 0.25) is 0 Å². The van der Waals surface area contributed by atoms with Crippen molar-refractivity contribution in [1.29, 1.82) is 0 Å². The van der Waals surface area contributed by atoms with Gasteiger partial charge in [0, 0.05) is 36.5 Å². The Morgan fingerprint density at radius 3 is 3.19 bits per heavy atom. The maximum Gasteiger partial charge on any atom is 0.0490 e. The summed E-state index contributed by atoms with van der Waals surface area (Å²) in [6.07, 6.45) is 1.78. The van der Waals surface area contributed by atoms with Crippen LogP contribution in [0.4, 0.5) is 0 Å². The van der Waals surface area contributed by atoms with Gasteiger partial charge >= 0.3 is 0 Å². The Kier molecular flexibility index (Phi) is 4.92. The average molecular weight is 253 g/mol. The Balaban J connectivity index is 1.49. The lowest BCUT2D eigenvalue weighted by atomic mass is 10.4. The van der Waals surface area contributed by atoms with E-state index in [0.717, 1.165) is 30.3 Å². The third kappa shape index (κ3) is 4.00. The highest BCUT2D eigenvalue weighted by Crippen LogP contribution is 2.14. The van der Waals surface area contributed by atoms with Crippen LogP contribution in [0.25, 0.3) is 0 Å². The molecule has 0 aromatic carbocycles. The van der Waals surface area contributed by atoms with Gasteiger partial charge < -0.3 is 5.32 Å². The quantitative estimate of drug-likeness (QED) is 0.745. The molecular weight excluding hydrogens is 238 g/mol. The monoisotopic (exact) mass is 253 g/mol. The second kappa shape index (κ2) is 6.73. The molecule has 2 heterocycles. The number of H-pyrrole nitrogens is 1. The van der Waals surface area contributed by atoms with Crippen molar-refractivity contribution in [2.45, 2.75) is 12.3 Å². The summed E-state index contributed by atoms with van der Waals surface area (Å²) in [5.74, 6) is 2.26. The average Bonchev–Trinajstić information content (AvgIpc) is 2.96. The fourth-order valence-electron chi connectivity index (χ4n) is 1.32. The number of nitrogens with zero attached hydrogens (tertiary/aromatic N) is 1. The number of thiophene rings is 1. The maximum absolute atomic E-state index is 3.90. The van der Waals surface area contributed by atoms with Crippen molar-refractivity contribution >= 4 is 23.1 Å². The minimum absolute atomic E-state index is 0.874. The topological polar surface area (TPSA) is 40.7 Å². The van der Waals surface area contributed by atoms with Gasteiger partial charge in [-0.1, -0.05) is 0 Å². The van der Waals surface area contributed by atoms with Gasteiger partial charge in [0.05, 0.1) is 0 Å². The number of nitrogens with one attached hydrogen (secondary N) is 2. The molecule has 0 bridgehead atoms. The standard InChI is InChI=1S/C11H15N3S2/c1-3-13-14-11(1)7-12-4-6-16-9-10-2-5-15-8-10/h1-3,5,8,12H,4,6-7,9H2,(H,13,14). The zero-order valence-electron chi connectivity index (χ0n) is 8.98. The molecule has 0 saturated heterocycles. The van der Waals surface area contributed by atoms with E-state index in [-0.39, 0.29) is 0 Å². The molecule has 0 spiro atoms. The van der Waals surface area contributed by atoms with Crippen LogP contribution < -0.4 is 5.32 Å². The first kappa shape index (κ1) is 11.7. The van der Waals surface area contributed by atoms with Crippen LogP contribution in [-0.4, -0.2) is 22.5 Å². The minimum Gasteiger partial charge on any atom is -0.310 e. The molecule has 0 atom stereocenters. The SMILES string of the molecule is c1cc(CNCCSCc2ccsc2)[nH]n1. The van der Waals surface area contributed by atoms with Crippen LogP contribution in [0.5, 0.6) is 0 Å². The summed E-state index contributed by atoms with van der Waals surface area (Å²) in [5, 5.41) is 14.6. The van der Waals surface area contributed by atoms with E-state index in [2.05, 4.69) is 32.3 Å². The molecule has 0 aliphatic heterocycles. The molecule has 3 nitrogen and oxygen atoms in total. The fourth-order valence-corrected chi connectivity index (χ4v) is 2.94. The molecule has 0 radical (unpaired) electrons. The highest BCUT2D eigenvalue weighted by atomic mass is 32.2. The molecule has 86 valence electrons. The number of aromatic nitrogens is 2. The molecule has 0 fully saturated rings. The van der Waals surface area contributed by atoms with Gasteiger partial charge in [-0.15, -0.1) is 0 Å². The number of aromatic amines is 1. The van der Waals surface area contributed by atoms with E-state index in [1.165, 1.54) is 5.56 Å². The lowest BCUT2D eigenvalue weighted by molar-refractivity contribution is 0.712. The zero-order chi connectivity index (χ0) is 11.1. The number of thioether (sulfide) groups is 1. The zero-order valence-corrected chi connectivity index (χ0v) is 10.6. The summed E-state index contributed by atoms with van der Waals surface area (Å²) in [6, 6.07) is 4.18. The summed E-state index contributed by atoms with van der Waals surface area (Å²) in [4.78, 5) is 0. The van der Waals surface area contributed by atoms with Crippen molar-refractivity contribution in [2.24, 2.45) is 0 Å². The summed E-state index contributed by atoms with van der Waals surface area (Å²) in [7, 11) is 0. The molecule has 0 aliphatic rings. The number of hydrogen-bond acceptors (Lipinski definition) is 4. The van der Waals surface area contributed by atoms with E-state index >= 15 is 0 Å². The molecular formula is C11H15N3S2. The van der Waals surface area contributed by atoms with Crippen LogP contribution in [0.3, 0.4) is 0 Å². The molecule has 5 heteroatoms. The van der Waals surface area contributed by atoms with E-state index in [0.29, 0.717) is 0 Å². The molecule has 2 aromatic rings. The third-order valence-electron chi connectivity index (χ3n) is 2.15. The highest BCUT2D eigenvalue weighted by molar-refractivity contribution is 7.98. The van der Waals surface area contributed by atoms with E-state index in [1.807, 2.05) is 17.8 Å². The van der Waals surface area contributed by atoms with Gasteiger partial charge in [0.1, 0.15) is 0 Å². The predicted octanol–water partition coefficient (Wildman–Crippen LogP) is 2.49. The van der Waals surface area contributed by atoms with E-state index in [9.17, 15) is 0 Å². The van der Waals surface area contributed by atoms with Gasteiger partial charge in [-0.05, 0) is 28.5 Å². The first-order chi connectivity index (χ1) is 7.95. The van der Waals surface area contributed by atoms with Crippen LogP contribution in [0.1, 0.15) is 11.3 Å². The summed E-state index contributed by atoms with van der Waals surface area (Å²) >= 11 is 3.73. The second-order valence-corrected chi connectivity index (χ2v) is 5.33. The lowest BCUT2D eigenvalue weighted by Crippen LogP contribution is -2.16. The summed E-state index contributed by atoms with van der Waals surface area (Å²) in [6.45, 7) is 1.91. The Morgan fingerprint density at radius 1 is 1.44 bits per heavy atom. The largest absolute Gasteiger partial charge is 0.310 e. The van der Waals surface area contributed by atoms with Crippen LogP contribution in [-0.2, 0) is 12.3 Å². The van der Waals surface area contributed by atoms with Crippen molar-refractivity contribution in [3.8, 4) is 0 Å². The van der Waals surface area contributed by atoms with E-state index in [1.54, 1.807) is 17.5 Å². The normalized spacial score (nSPS) is 10.8. The predicted molar refractivity (Wildman–Crippen MR) is 70.8 cm³/mol. The van der Waals surface area contributed by atoms with Gasteiger partial charge in [0.15, 0.2) is 0 Å². The molecule has 0 amide bonds. The Morgan fingerprint density at radius 2 is 2.44 bits per heavy atom. The summed E-state index contributed by atoms with van der Waals surface area (Å²) < 4.78 is 0. The van der Waals surface area contributed by atoms with Gasteiger partial charge in [-0.25, -0.2) is 0 Å². The first-order valence-corrected chi connectivity index (χ1v) is 7.32. The van der Waals surface area contributed by atoms with Gasteiger partial charge in [-0.2, -0.15) is 28.2 Å². The second-order valence-electron chi connectivity index (χ2n) is 3.44. The Labute approximate surface area is 104 Å². The molecule has 16 heavy (non-hydrogen) atoms. The van der Waals surface area contributed by atoms with E-state index < -0.39 is 0 Å². The van der Waals surface area contributed by atoms with Crippen molar-refractivity contribution in [3.63, 3.8) is 0 Å². The van der Waals surface area contributed by atoms with Crippen LogP contribution in [0, 0.1) is 0 Å². The van der Waals surface area contributed by atoms with Crippen molar-refractivity contribution in [2.75, 3.05) is 12.3 Å². The van der Waals surface area contributed by atoms with Crippen LogP contribution in [0.2, 0.25) is 0 Å². The molecule has 2 aromatic heterocycles. The Bertz CT molecular complexity index is 332. The minimum atomic E-state index is 0.874. The van der Waals surface area contributed by atoms with Crippen LogP contribution >= 0.6 is 23.1 Å². The number of hydrogen-bond donors (Lipinski definition) is 2. The lowest BCUT2D eigenvalue weighted by Gasteiger charge is -2.02. The maximum atomic E-state index is 3.90. The van der Waals surface area contributed by atoms with E-state index in [4.69, 9.17) is 0 Å². The summed E-state index contributed by atoms with van der Waals surface area (Å²) in [5.41, 5.74) is 2.58. The smallest absolute Gasteiger partial charge is 0.0490 e. The fraction of sp³-hybridized carbons (Fsp3) is 0.364. The van der Waals surface area contributed by atoms with Crippen molar-refractivity contribution < 1.29 is 0 Å². The highest BCUT2D eigenvalue weighted by Gasteiger charge is 1.95.